The van der Waals surface area contributed by atoms with Crippen LogP contribution >= 0.6 is 0 Å². The fraction of sp³-hybridized carbons (Fsp3) is 0.857. The Morgan fingerprint density at radius 2 is 2.10 bits per heavy atom. The first-order valence-electron chi connectivity index (χ1n) is 3.24. The standard InChI is InChI=1S/C7H13NO2/c1-7(2,5-8)6(10)3-4-9/h6,9-10H,3-4H2,1-2H3/t6-/m1/s1. The van der Waals surface area contributed by atoms with Crippen LogP contribution in [0.15, 0.2) is 0 Å². The summed E-state index contributed by atoms with van der Waals surface area (Å²) in [7, 11) is 0. The van der Waals surface area contributed by atoms with Crippen molar-refractivity contribution in [3.8, 4) is 6.07 Å². The maximum absolute atomic E-state index is 9.19. The number of nitriles is 1. The van der Waals surface area contributed by atoms with Crippen molar-refractivity contribution in [3.05, 3.63) is 0 Å². The molecule has 0 aromatic rings. The summed E-state index contributed by atoms with van der Waals surface area (Å²) < 4.78 is 0. The van der Waals surface area contributed by atoms with Gasteiger partial charge in [0.1, 0.15) is 0 Å². The van der Waals surface area contributed by atoms with Crippen molar-refractivity contribution in [2.75, 3.05) is 6.61 Å². The molecule has 0 unspecified atom stereocenters. The Labute approximate surface area is 60.9 Å². The molecule has 2 N–H and O–H groups in total. The minimum Gasteiger partial charge on any atom is -0.396 e. The molecule has 0 rings (SSSR count). The van der Waals surface area contributed by atoms with Crippen molar-refractivity contribution in [3.63, 3.8) is 0 Å². The van der Waals surface area contributed by atoms with Crippen molar-refractivity contribution in [2.45, 2.75) is 26.4 Å². The lowest BCUT2D eigenvalue weighted by molar-refractivity contribution is 0.0606. The molecule has 0 bridgehead atoms. The molecule has 0 radical (unpaired) electrons. The van der Waals surface area contributed by atoms with E-state index in [9.17, 15) is 5.11 Å². The molecule has 0 amide bonds. The topological polar surface area (TPSA) is 64.2 Å². The van der Waals surface area contributed by atoms with Gasteiger partial charge in [-0.1, -0.05) is 0 Å². The predicted octanol–water partition coefficient (Wildman–Crippen LogP) is 0.279. The number of aliphatic hydroxyl groups is 2. The molecular formula is C7H13NO2. The Balaban J connectivity index is 3.94. The smallest absolute Gasteiger partial charge is 0.0777 e. The maximum atomic E-state index is 9.19. The van der Waals surface area contributed by atoms with Gasteiger partial charge in [-0.2, -0.15) is 5.26 Å². The van der Waals surface area contributed by atoms with Crippen LogP contribution in [-0.2, 0) is 0 Å². The van der Waals surface area contributed by atoms with E-state index in [0.717, 1.165) is 0 Å². The second kappa shape index (κ2) is 3.55. The highest BCUT2D eigenvalue weighted by Gasteiger charge is 2.26. The van der Waals surface area contributed by atoms with Gasteiger partial charge >= 0.3 is 0 Å². The Morgan fingerprint density at radius 1 is 1.60 bits per heavy atom. The van der Waals surface area contributed by atoms with Crippen LogP contribution in [0.3, 0.4) is 0 Å². The van der Waals surface area contributed by atoms with Crippen LogP contribution in [0.25, 0.3) is 0 Å². The van der Waals surface area contributed by atoms with Crippen LogP contribution in [0.4, 0.5) is 0 Å². The van der Waals surface area contributed by atoms with Gasteiger partial charge in [-0.3, -0.25) is 0 Å². The number of aliphatic hydroxyl groups excluding tert-OH is 2. The minimum atomic E-state index is -0.747. The third-order valence-corrected chi connectivity index (χ3v) is 1.52. The largest absolute Gasteiger partial charge is 0.396 e. The molecular weight excluding hydrogens is 130 g/mol. The highest BCUT2D eigenvalue weighted by Crippen LogP contribution is 2.20. The number of rotatable bonds is 3. The zero-order valence-electron chi connectivity index (χ0n) is 6.33. The molecule has 0 aliphatic heterocycles. The summed E-state index contributed by atoms with van der Waals surface area (Å²) in [5.74, 6) is 0. The van der Waals surface area contributed by atoms with E-state index in [1.54, 1.807) is 13.8 Å². The van der Waals surface area contributed by atoms with Crippen molar-refractivity contribution in [2.24, 2.45) is 5.41 Å². The molecule has 0 saturated carbocycles. The van der Waals surface area contributed by atoms with Gasteiger partial charge in [0.2, 0.25) is 0 Å². The van der Waals surface area contributed by atoms with E-state index >= 15 is 0 Å². The van der Waals surface area contributed by atoms with Crippen LogP contribution in [0.5, 0.6) is 0 Å². The monoisotopic (exact) mass is 143 g/mol. The summed E-state index contributed by atoms with van der Waals surface area (Å²) in [6.07, 6.45) is -0.469. The van der Waals surface area contributed by atoms with Crippen LogP contribution in [0.1, 0.15) is 20.3 Å². The molecule has 3 heteroatoms. The van der Waals surface area contributed by atoms with Gasteiger partial charge in [0, 0.05) is 6.61 Å². The van der Waals surface area contributed by atoms with E-state index in [2.05, 4.69) is 0 Å². The van der Waals surface area contributed by atoms with Gasteiger partial charge in [-0.05, 0) is 20.3 Å². The highest BCUT2D eigenvalue weighted by molar-refractivity contribution is 4.96. The minimum absolute atomic E-state index is 0.0771. The molecule has 0 aliphatic rings. The van der Waals surface area contributed by atoms with Crippen LogP contribution in [0.2, 0.25) is 0 Å². The fourth-order valence-corrected chi connectivity index (χ4v) is 0.558. The Kier molecular flexibility index (Phi) is 3.34. The van der Waals surface area contributed by atoms with Crippen molar-refractivity contribution in [1.29, 1.82) is 5.26 Å². The first-order valence-corrected chi connectivity index (χ1v) is 3.24. The van der Waals surface area contributed by atoms with Crippen molar-refractivity contribution in [1.82, 2.24) is 0 Å². The highest BCUT2D eigenvalue weighted by atomic mass is 16.3. The normalized spacial score (nSPS) is 14.3. The van der Waals surface area contributed by atoms with Gasteiger partial charge in [-0.15, -0.1) is 0 Å². The zero-order valence-corrected chi connectivity index (χ0v) is 6.33. The van der Waals surface area contributed by atoms with E-state index in [1.807, 2.05) is 6.07 Å². The van der Waals surface area contributed by atoms with Crippen molar-refractivity contribution < 1.29 is 10.2 Å². The molecule has 0 heterocycles. The van der Waals surface area contributed by atoms with Gasteiger partial charge in [-0.25, -0.2) is 0 Å². The maximum Gasteiger partial charge on any atom is 0.0777 e. The second-order valence-corrected chi connectivity index (χ2v) is 2.86. The number of hydrogen-bond donors (Lipinski definition) is 2. The average molecular weight is 143 g/mol. The lowest BCUT2D eigenvalue weighted by Crippen LogP contribution is -2.28. The van der Waals surface area contributed by atoms with Crippen LogP contribution in [0, 0.1) is 16.7 Å². The van der Waals surface area contributed by atoms with Gasteiger partial charge < -0.3 is 10.2 Å². The summed E-state index contributed by atoms with van der Waals surface area (Å²) in [5.41, 5.74) is -0.747. The summed E-state index contributed by atoms with van der Waals surface area (Å²) >= 11 is 0. The van der Waals surface area contributed by atoms with Crippen molar-refractivity contribution >= 4 is 0 Å². The third kappa shape index (κ3) is 2.34. The van der Waals surface area contributed by atoms with Gasteiger partial charge in [0.15, 0.2) is 0 Å². The molecule has 0 fully saturated rings. The van der Waals surface area contributed by atoms with Crippen LogP contribution < -0.4 is 0 Å². The predicted molar refractivity (Wildman–Crippen MR) is 37.1 cm³/mol. The van der Waals surface area contributed by atoms with Gasteiger partial charge in [0.05, 0.1) is 17.6 Å². The summed E-state index contributed by atoms with van der Waals surface area (Å²) in [4.78, 5) is 0. The van der Waals surface area contributed by atoms with E-state index in [4.69, 9.17) is 10.4 Å². The molecule has 0 spiro atoms. The van der Waals surface area contributed by atoms with E-state index < -0.39 is 11.5 Å². The molecule has 3 nitrogen and oxygen atoms in total. The third-order valence-electron chi connectivity index (χ3n) is 1.52. The Hall–Kier alpha value is -0.590. The molecule has 1 atom stereocenters. The fourth-order valence-electron chi connectivity index (χ4n) is 0.558. The first-order chi connectivity index (χ1) is 4.54. The van der Waals surface area contributed by atoms with E-state index in [0.29, 0.717) is 0 Å². The molecule has 0 aromatic heterocycles. The summed E-state index contributed by atoms with van der Waals surface area (Å²) in [6.45, 7) is 3.22. The summed E-state index contributed by atoms with van der Waals surface area (Å²) in [6, 6.07) is 1.96. The van der Waals surface area contributed by atoms with Crippen LogP contribution in [-0.4, -0.2) is 22.9 Å². The molecule has 10 heavy (non-hydrogen) atoms. The Bertz CT molecular complexity index is 137. The summed E-state index contributed by atoms with van der Waals surface area (Å²) in [5, 5.41) is 26.1. The number of hydrogen-bond acceptors (Lipinski definition) is 3. The number of nitrogens with zero attached hydrogens (tertiary/aromatic N) is 1. The lowest BCUT2D eigenvalue weighted by Gasteiger charge is -2.21. The molecule has 58 valence electrons. The lowest BCUT2D eigenvalue weighted by atomic mass is 9.87. The first kappa shape index (κ1) is 9.41. The van der Waals surface area contributed by atoms with Gasteiger partial charge in [0.25, 0.3) is 0 Å². The zero-order chi connectivity index (χ0) is 8.20. The Morgan fingerprint density at radius 3 is 2.40 bits per heavy atom. The molecule has 0 aromatic carbocycles. The molecule has 0 aliphatic carbocycles. The van der Waals surface area contributed by atoms with E-state index in [-0.39, 0.29) is 13.0 Å². The second-order valence-electron chi connectivity index (χ2n) is 2.86. The SMILES string of the molecule is CC(C)(C#N)[C@H](O)CCO. The average Bonchev–Trinajstić information content (AvgIpc) is 1.89. The quantitative estimate of drug-likeness (QED) is 0.596. The van der Waals surface area contributed by atoms with E-state index in [1.165, 1.54) is 0 Å². The molecule has 0 saturated heterocycles.